The van der Waals surface area contributed by atoms with E-state index in [-0.39, 0.29) is 5.04 Å². The lowest BCUT2D eigenvalue weighted by Crippen LogP contribution is -2.66. The van der Waals surface area contributed by atoms with Crippen LogP contribution < -0.4 is 10.4 Å². The van der Waals surface area contributed by atoms with Crippen LogP contribution in [0.25, 0.3) is 0 Å². The van der Waals surface area contributed by atoms with Gasteiger partial charge in [-0.3, -0.25) is 0 Å². The molecule has 0 saturated carbocycles. The van der Waals surface area contributed by atoms with Crippen LogP contribution in [0.3, 0.4) is 0 Å². The Morgan fingerprint density at radius 2 is 1.41 bits per heavy atom. The summed E-state index contributed by atoms with van der Waals surface area (Å²) in [5.74, 6) is 0. The molecule has 0 bridgehead atoms. The van der Waals surface area contributed by atoms with Crippen molar-refractivity contribution in [2.45, 2.75) is 56.4 Å². The fourth-order valence-corrected chi connectivity index (χ4v) is 10.9. The summed E-state index contributed by atoms with van der Waals surface area (Å²) in [6.45, 7) is 10.9. The van der Waals surface area contributed by atoms with E-state index in [9.17, 15) is 8.42 Å². The van der Waals surface area contributed by atoms with E-state index >= 15 is 0 Å². The molecule has 0 N–H and O–H groups in total. The number of rotatable bonds is 13. The summed E-state index contributed by atoms with van der Waals surface area (Å²) in [6.07, 6.45) is 9.89. The van der Waals surface area contributed by atoms with Crippen molar-refractivity contribution in [1.82, 2.24) is 0 Å². The van der Waals surface area contributed by atoms with Crippen molar-refractivity contribution in [3.63, 3.8) is 0 Å². The number of hydrogen-bond acceptors (Lipinski definition) is 3. The van der Waals surface area contributed by atoms with Gasteiger partial charge in [0.15, 0.2) is 0 Å². The summed E-state index contributed by atoms with van der Waals surface area (Å²) in [5.41, 5.74) is 3.13. The third kappa shape index (κ3) is 7.68. The number of sulfone groups is 1. The second-order valence-corrected chi connectivity index (χ2v) is 16.7. The average molecular weight is 557 g/mol. The highest BCUT2D eigenvalue weighted by Crippen LogP contribution is 2.37. The van der Waals surface area contributed by atoms with Crippen molar-refractivity contribution in [3.05, 3.63) is 133 Å². The molecule has 0 spiro atoms. The standard InChI is InChI=1S/C34H40O3SSi/c1-5-6-7-8-9-13-21-31(38(35,36)30-22-14-10-15-23-30)24-20-29-37-39(34(2,3)4,32-25-16-11-17-26-32)33-27-18-12-19-28-33/h5-7,10-19,22-23,25-28H,1,8-9,20,24,29H2,2-4H3/b7-6+. The van der Waals surface area contributed by atoms with Crippen LogP contribution in [0.4, 0.5) is 0 Å². The molecule has 3 rings (SSSR count). The Kier molecular flexibility index (Phi) is 11.1. The van der Waals surface area contributed by atoms with Crippen LogP contribution in [0.1, 0.15) is 46.5 Å². The van der Waals surface area contributed by atoms with Crippen molar-refractivity contribution in [2.75, 3.05) is 6.61 Å². The molecule has 0 aromatic heterocycles. The molecule has 5 heteroatoms. The van der Waals surface area contributed by atoms with Gasteiger partial charge in [0.05, 0.1) is 9.80 Å². The Bertz CT molecular complexity index is 1340. The molecule has 0 radical (unpaired) electrons. The molecule has 0 atom stereocenters. The first-order valence-electron chi connectivity index (χ1n) is 13.5. The van der Waals surface area contributed by atoms with Gasteiger partial charge in [-0.2, -0.15) is 0 Å². The Morgan fingerprint density at radius 3 is 1.92 bits per heavy atom. The summed E-state index contributed by atoms with van der Waals surface area (Å²) >= 11 is 0. The molecule has 0 heterocycles. The second-order valence-electron chi connectivity index (χ2n) is 10.4. The van der Waals surface area contributed by atoms with Crippen LogP contribution >= 0.6 is 0 Å². The molecule has 3 aromatic carbocycles. The van der Waals surface area contributed by atoms with E-state index in [0.717, 1.165) is 6.42 Å². The highest BCUT2D eigenvalue weighted by atomic mass is 32.2. The molecular weight excluding hydrogens is 517 g/mol. The lowest BCUT2D eigenvalue weighted by molar-refractivity contribution is 0.292. The molecule has 39 heavy (non-hydrogen) atoms. The molecule has 0 unspecified atom stereocenters. The lowest BCUT2D eigenvalue weighted by Gasteiger charge is -2.43. The van der Waals surface area contributed by atoms with Crippen LogP contribution in [0, 0.1) is 0 Å². The number of unbranched alkanes of at least 4 members (excludes halogenated alkanes) is 1. The van der Waals surface area contributed by atoms with Gasteiger partial charge < -0.3 is 4.43 Å². The number of benzene rings is 3. The maximum Gasteiger partial charge on any atom is 0.261 e. The normalized spacial score (nSPS) is 12.2. The zero-order valence-corrected chi connectivity index (χ0v) is 25.2. The molecule has 0 aliphatic heterocycles. The minimum absolute atomic E-state index is 0.136. The predicted molar refractivity (Wildman–Crippen MR) is 167 cm³/mol. The highest BCUT2D eigenvalue weighted by Gasteiger charge is 2.49. The summed E-state index contributed by atoms with van der Waals surface area (Å²) < 4.78 is 34.0. The van der Waals surface area contributed by atoms with Crippen LogP contribution in [-0.2, 0) is 14.3 Å². The zero-order valence-electron chi connectivity index (χ0n) is 23.3. The maximum atomic E-state index is 13.5. The fraction of sp³-hybridized carbons (Fsp3) is 0.265. The van der Waals surface area contributed by atoms with Crippen LogP contribution in [0.5, 0.6) is 0 Å². The van der Waals surface area contributed by atoms with Crippen molar-refractivity contribution in [3.8, 4) is 0 Å². The maximum absolute atomic E-state index is 13.5. The molecular formula is C34H40O3SSi. The smallest absolute Gasteiger partial charge is 0.261 e. The Labute approximate surface area is 236 Å². The third-order valence-corrected chi connectivity index (χ3v) is 13.6. The summed E-state index contributed by atoms with van der Waals surface area (Å²) in [4.78, 5) is 0.591. The summed E-state index contributed by atoms with van der Waals surface area (Å²) in [6, 6.07) is 29.6. The molecule has 0 amide bonds. The fourth-order valence-electron chi connectivity index (χ4n) is 4.80. The van der Waals surface area contributed by atoms with Gasteiger partial charge in [-0.25, -0.2) is 8.42 Å². The topological polar surface area (TPSA) is 43.4 Å². The van der Waals surface area contributed by atoms with Gasteiger partial charge in [-0.15, -0.1) is 5.73 Å². The molecule has 0 fully saturated rings. The third-order valence-electron chi connectivity index (χ3n) is 6.67. The zero-order chi connectivity index (χ0) is 28.2. The minimum atomic E-state index is -3.65. The quantitative estimate of drug-likeness (QED) is 0.0955. The largest absolute Gasteiger partial charge is 0.407 e. The molecule has 204 valence electrons. The van der Waals surface area contributed by atoms with Crippen molar-refractivity contribution in [2.24, 2.45) is 0 Å². The Balaban J connectivity index is 1.89. The SMILES string of the molecule is C=C/C=C/CCC=C=C(CCCO[Si](c1ccccc1)(c1ccccc1)C(C)(C)C)S(=O)(=O)c1ccccc1. The minimum Gasteiger partial charge on any atom is -0.407 e. The van der Waals surface area contributed by atoms with Crippen molar-refractivity contribution in [1.29, 1.82) is 0 Å². The first kappa shape index (κ1) is 30.3. The van der Waals surface area contributed by atoms with Crippen LogP contribution in [0.15, 0.2) is 137 Å². The Hall–Kier alpha value is -3.21. The average Bonchev–Trinajstić information content (AvgIpc) is 2.94. The van der Waals surface area contributed by atoms with E-state index in [4.69, 9.17) is 4.43 Å². The number of hydrogen-bond donors (Lipinski definition) is 0. The van der Waals surface area contributed by atoms with E-state index in [1.54, 1.807) is 30.3 Å². The van der Waals surface area contributed by atoms with Gasteiger partial charge in [0.2, 0.25) is 9.84 Å². The first-order chi connectivity index (χ1) is 18.7. The molecule has 0 aliphatic carbocycles. The van der Waals surface area contributed by atoms with Crippen molar-refractivity contribution >= 4 is 28.5 Å². The van der Waals surface area contributed by atoms with E-state index in [1.807, 2.05) is 36.4 Å². The highest BCUT2D eigenvalue weighted by molar-refractivity contribution is 7.95. The van der Waals surface area contributed by atoms with Gasteiger partial charge in [0.25, 0.3) is 8.32 Å². The molecule has 0 aliphatic rings. The molecule has 3 nitrogen and oxygen atoms in total. The molecule has 3 aromatic rings. The van der Waals surface area contributed by atoms with E-state index in [1.165, 1.54) is 10.4 Å². The van der Waals surface area contributed by atoms with Gasteiger partial charge >= 0.3 is 0 Å². The van der Waals surface area contributed by atoms with Gasteiger partial charge in [-0.1, -0.05) is 124 Å². The lowest BCUT2D eigenvalue weighted by atomic mass is 10.2. The summed E-state index contributed by atoms with van der Waals surface area (Å²) in [5, 5.41) is 2.29. The molecule has 0 saturated heterocycles. The van der Waals surface area contributed by atoms with Gasteiger partial charge in [-0.05, 0) is 59.3 Å². The second kappa shape index (κ2) is 14.3. The first-order valence-corrected chi connectivity index (χ1v) is 16.9. The van der Waals surface area contributed by atoms with E-state index < -0.39 is 18.2 Å². The van der Waals surface area contributed by atoms with Crippen LogP contribution in [0.2, 0.25) is 5.04 Å². The van der Waals surface area contributed by atoms with E-state index in [2.05, 4.69) is 81.6 Å². The van der Waals surface area contributed by atoms with Crippen LogP contribution in [-0.4, -0.2) is 23.3 Å². The van der Waals surface area contributed by atoms with Gasteiger partial charge in [0, 0.05) is 6.61 Å². The monoisotopic (exact) mass is 556 g/mol. The summed E-state index contributed by atoms with van der Waals surface area (Å²) in [7, 11) is -6.33. The number of allylic oxidation sites excluding steroid dienone is 4. The van der Waals surface area contributed by atoms with Crippen molar-refractivity contribution < 1.29 is 12.8 Å². The van der Waals surface area contributed by atoms with Gasteiger partial charge in [0.1, 0.15) is 0 Å². The predicted octanol–water partition coefficient (Wildman–Crippen LogP) is 7.38. The van der Waals surface area contributed by atoms with E-state index in [0.29, 0.717) is 35.7 Å². The Morgan fingerprint density at radius 1 is 0.872 bits per heavy atom.